The average Bonchev–Trinajstić information content (AvgIpc) is 3.04. The molecule has 0 bridgehead atoms. The molecule has 1 heterocycles. The van der Waals surface area contributed by atoms with Gasteiger partial charge in [0.15, 0.2) is 0 Å². The van der Waals surface area contributed by atoms with Gasteiger partial charge in [0.05, 0.1) is 18.2 Å². The van der Waals surface area contributed by atoms with E-state index in [0.717, 1.165) is 10.5 Å². The molecule has 0 spiro atoms. The van der Waals surface area contributed by atoms with Crippen molar-refractivity contribution in [2.75, 3.05) is 12.0 Å². The standard InChI is InChI=1S/C25H22N2O4/c1-16-8-6-10-19(14-16)26(23(28)18-9-7-11-20(15-18)31-3)17(2)27-24(29)21-12-4-5-13-22(21)25(27)30/h4-15,17H,1-3H3/t17-/m0/s1. The number of methoxy groups -OCH3 is 1. The number of rotatable bonds is 5. The fraction of sp³-hybridized carbons (Fsp3) is 0.160. The molecule has 156 valence electrons. The Labute approximate surface area is 180 Å². The Morgan fingerprint density at radius 3 is 2.16 bits per heavy atom. The summed E-state index contributed by atoms with van der Waals surface area (Å²) < 4.78 is 5.26. The van der Waals surface area contributed by atoms with E-state index in [4.69, 9.17) is 4.74 Å². The van der Waals surface area contributed by atoms with Crippen LogP contribution in [-0.2, 0) is 0 Å². The van der Waals surface area contributed by atoms with Crippen LogP contribution >= 0.6 is 0 Å². The fourth-order valence-electron chi connectivity index (χ4n) is 3.84. The van der Waals surface area contributed by atoms with Crippen LogP contribution in [0.1, 0.15) is 43.6 Å². The highest BCUT2D eigenvalue weighted by Crippen LogP contribution is 2.30. The average molecular weight is 414 g/mol. The van der Waals surface area contributed by atoms with Crippen LogP contribution in [0.2, 0.25) is 0 Å². The SMILES string of the molecule is COc1cccc(C(=O)N(c2cccc(C)c2)[C@H](C)N2C(=O)c3ccccc3C2=O)c1. The molecule has 1 aliphatic heterocycles. The van der Waals surface area contributed by atoms with Gasteiger partial charge in [-0.2, -0.15) is 0 Å². The molecule has 0 aromatic heterocycles. The first-order chi connectivity index (χ1) is 14.9. The minimum atomic E-state index is -0.840. The number of ether oxygens (including phenoxy) is 1. The lowest BCUT2D eigenvalue weighted by atomic mass is 10.1. The highest BCUT2D eigenvalue weighted by Gasteiger charge is 2.42. The van der Waals surface area contributed by atoms with Crippen molar-refractivity contribution in [2.24, 2.45) is 0 Å². The van der Waals surface area contributed by atoms with Crippen LogP contribution in [0.25, 0.3) is 0 Å². The third-order valence-corrected chi connectivity index (χ3v) is 5.39. The second kappa shape index (κ2) is 8.07. The number of fused-ring (bicyclic) bond motifs is 1. The lowest BCUT2D eigenvalue weighted by Crippen LogP contribution is -2.52. The van der Waals surface area contributed by atoms with Gasteiger partial charge in [0.1, 0.15) is 11.9 Å². The summed E-state index contributed by atoms with van der Waals surface area (Å²) in [5.74, 6) is -0.620. The van der Waals surface area contributed by atoms with Crippen molar-refractivity contribution in [3.05, 3.63) is 95.1 Å². The normalized spacial score (nSPS) is 13.7. The van der Waals surface area contributed by atoms with Gasteiger partial charge < -0.3 is 4.74 Å². The molecule has 1 atom stereocenters. The van der Waals surface area contributed by atoms with Crippen molar-refractivity contribution in [1.29, 1.82) is 0 Å². The van der Waals surface area contributed by atoms with Gasteiger partial charge in [-0.05, 0) is 61.9 Å². The smallest absolute Gasteiger partial charge is 0.263 e. The molecule has 0 N–H and O–H groups in total. The minimum absolute atomic E-state index is 0.339. The zero-order chi connectivity index (χ0) is 22.1. The molecule has 0 unspecified atom stereocenters. The Balaban J connectivity index is 1.79. The van der Waals surface area contributed by atoms with Crippen molar-refractivity contribution in [2.45, 2.75) is 20.0 Å². The van der Waals surface area contributed by atoms with E-state index < -0.39 is 18.0 Å². The number of hydrogen-bond donors (Lipinski definition) is 0. The molecular weight excluding hydrogens is 392 g/mol. The summed E-state index contributed by atoms with van der Waals surface area (Å²) in [5, 5.41) is 0. The molecule has 0 saturated carbocycles. The highest BCUT2D eigenvalue weighted by atomic mass is 16.5. The summed E-state index contributed by atoms with van der Waals surface area (Å²) in [6, 6.07) is 20.9. The van der Waals surface area contributed by atoms with E-state index in [1.165, 1.54) is 12.0 Å². The quantitative estimate of drug-likeness (QED) is 0.584. The van der Waals surface area contributed by atoms with Crippen molar-refractivity contribution in [3.63, 3.8) is 0 Å². The molecule has 3 aromatic rings. The van der Waals surface area contributed by atoms with E-state index in [9.17, 15) is 14.4 Å². The molecule has 0 radical (unpaired) electrons. The molecule has 6 heteroatoms. The van der Waals surface area contributed by atoms with Crippen LogP contribution in [-0.4, -0.2) is 35.9 Å². The van der Waals surface area contributed by atoms with E-state index in [-0.39, 0.29) is 5.91 Å². The van der Waals surface area contributed by atoms with Crippen LogP contribution in [0, 0.1) is 6.92 Å². The molecule has 3 aromatic carbocycles. The first-order valence-electron chi connectivity index (χ1n) is 9.93. The number of nitrogens with zero attached hydrogens (tertiary/aromatic N) is 2. The lowest BCUT2D eigenvalue weighted by Gasteiger charge is -2.34. The molecule has 6 nitrogen and oxygen atoms in total. The Bertz CT molecular complexity index is 1150. The van der Waals surface area contributed by atoms with E-state index in [1.807, 2.05) is 25.1 Å². The van der Waals surface area contributed by atoms with Crippen LogP contribution in [0.3, 0.4) is 0 Å². The Kier molecular flexibility index (Phi) is 5.29. The Hall–Kier alpha value is -3.93. The van der Waals surface area contributed by atoms with Crippen molar-refractivity contribution >= 4 is 23.4 Å². The highest BCUT2D eigenvalue weighted by molar-refractivity contribution is 6.22. The van der Waals surface area contributed by atoms with E-state index in [2.05, 4.69) is 0 Å². The summed E-state index contributed by atoms with van der Waals surface area (Å²) in [5.41, 5.74) is 2.63. The van der Waals surface area contributed by atoms with Crippen LogP contribution in [0.5, 0.6) is 5.75 Å². The van der Waals surface area contributed by atoms with Crippen molar-refractivity contribution in [1.82, 2.24) is 4.90 Å². The zero-order valence-electron chi connectivity index (χ0n) is 17.5. The zero-order valence-corrected chi connectivity index (χ0v) is 17.5. The van der Waals surface area contributed by atoms with Crippen LogP contribution < -0.4 is 9.64 Å². The number of benzene rings is 3. The third kappa shape index (κ3) is 3.57. The van der Waals surface area contributed by atoms with Gasteiger partial charge >= 0.3 is 0 Å². The second-order valence-corrected chi connectivity index (χ2v) is 7.40. The predicted octanol–water partition coefficient (Wildman–Crippen LogP) is 4.29. The van der Waals surface area contributed by atoms with Gasteiger partial charge in [0.2, 0.25) is 0 Å². The third-order valence-electron chi connectivity index (χ3n) is 5.39. The predicted molar refractivity (Wildman–Crippen MR) is 117 cm³/mol. The lowest BCUT2D eigenvalue weighted by molar-refractivity contribution is 0.0587. The summed E-state index contributed by atoms with van der Waals surface area (Å²) >= 11 is 0. The molecule has 31 heavy (non-hydrogen) atoms. The maximum Gasteiger partial charge on any atom is 0.263 e. The van der Waals surface area contributed by atoms with Gasteiger partial charge in [-0.1, -0.05) is 30.3 Å². The molecule has 0 saturated heterocycles. The van der Waals surface area contributed by atoms with Crippen molar-refractivity contribution < 1.29 is 19.1 Å². The van der Waals surface area contributed by atoms with Gasteiger partial charge in [-0.15, -0.1) is 0 Å². The Morgan fingerprint density at radius 1 is 0.903 bits per heavy atom. The molecule has 3 amide bonds. The fourth-order valence-corrected chi connectivity index (χ4v) is 3.84. The summed E-state index contributed by atoms with van der Waals surface area (Å²) in [4.78, 5) is 42.4. The molecule has 0 fully saturated rings. The van der Waals surface area contributed by atoms with Gasteiger partial charge in [-0.3, -0.25) is 24.2 Å². The molecular formula is C25H22N2O4. The monoisotopic (exact) mass is 414 g/mol. The number of hydrogen-bond acceptors (Lipinski definition) is 4. The number of amides is 3. The number of carbonyl (C=O) groups excluding carboxylic acids is 3. The number of aryl methyl sites for hydroxylation is 1. The molecule has 4 rings (SSSR count). The van der Waals surface area contributed by atoms with E-state index in [0.29, 0.717) is 28.1 Å². The number of imide groups is 1. The van der Waals surface area contributed by atoms with Gasteiger partial charge in [0.25, 0.3) is 17.7 Å². The summed E-state index contributed by atoms with van der Waals surface area (Å²) in [7, 11) is 1.53. The largest absolute Gasteiger partial charge is 0.497 e. The Morgan fingerprint density at radius 2 is 1.55 bits per heavy atom. The van der Waals surface area contributed by atoms with Crippen molar-refractivity contribution in [3.8, 4) is 5.75 Å². The van der Waals surface area contributed by atoms with Gasteiger partial charge in [-0.25, -0.2) is 0 Å². The summed E-state index contributed by atoms with van der Waals surface area (Å²) in [6.07, 6.45) is -0.840. The maximum atomic E-state index is 13.6. The van der Waals surface area contributed by atoms with Crippen LogP contribution in [0.15, 0.2) is 72.8 Å². The van der Waals surface area contributed by atoms with E-state index >= 15 is 0 Å². The van der Waals surface area contributed by atoms with E-state index in [1.54, 1.807) is 61.5 Å². The second-order valence-electron chi connectivity index (χ2n) is 7.40. The number of carbonyl (C=O) groups is 3. The first-order valence-corrected chi connectivity index (χ1v) is 9.93. The van der Waals surface area contributed by atoms with Gasteiger partial charge in [0, 0.05) is 11.3 Å². The topological polar surface area (TPSA) is 66.9 Å². The molecule has 0 aliphatic carbocycles. The maximum absolute atomic E-state index is 13.6. The number of anilines is 1. The summed E-state index contributed by atoms with van der Waals surface area (Å²) in [6.45, 7) is 3.60. The molecule has 1 aliphatic rings. The first kappa shape index (κ1) is 20.3. The van der Waals surface area contributed by atoms with Crippen LogP contribution in [0.4, 0.5) is 5.69 Å². The minimum Gasteiger partial charge on any atom is -0.497 e.